The number of primary sulfonamides is 1. The quantitative estimate of drug-likeness (QED) is 0.853. The monoisotopic (exact) mass is 379 g/mol. The Morgan fingerprint density at radius 1 is 1.24 bits per heavy atom. The number of hydrazine groups is 1. The average Bonchev–Trinajstić information content (AvgIpc) is 2.54. The summed E-state index contributed by atoms with van der Waals surface area (Å²) in [5, 5.41) is 6.96. The van der Waals surface area contributed by atoms with Crippen molar-refractivity contribution in [2.45, 2.75) is 30.8 Å². The van der Waals surface area contributed by atoms with Crippen LogP contribution in [0.15, 0.2) is 47.4 Å². The van der Waals surface area contributed by atoms with Gasteiger partial charge in [0.15, 0.2) is 0 Å². The first-order valence-electron chi connectivity index (χ1n) is 7.72. The summed E-state index contributed by atoms with van der Waals surface area (Å²) >= 11 is 5.86. The number of amides is 1. The van der Waals surface area contributed by atoms with E-state index in [1.54, 1.807) is 0 Å². The third-order valence-electron chi connectivity index (χ3n) is 4.25. The van der Waals surface area contributed by atoms with E-state index in [0.29, 0.717) is 6.54 Å². The molecule has 0 aliphatic carbocycles. The Morgan fingerprint density at radius 2 is 1.92 bits per heavy atom. The van der Waals surface area contributed by atoms with E-state index in [-0.39, 0.29) is 21.5 Å². The lowest BCUT2D eigenvalue weighted by Gasteiger charge is -2.34. The van der Waals surface area contributed by atoms with Crippen LogP contribution in [0.4, 0.5) is 0 Å². The summed E-state index contributed by atoms with van der Waals surface area (Å²) in [5.74, 6) is -0.409. The van der Waals surface area contributed by atoms with Gasteiger partial charge in [0, 0.05) is 18.2 Å². The second-order valence-electron chi connectivity index (χ2n) is 6.08. The molecule has 1 heterocycles. The second kappa shape index (κ2) is 6.76. The molecule has 0 spiro atoms. The summed E-state index contributed by atoms with van der Waals surface area (Å²) in [4.78, 5) is 12.3. The summed E-state index contributed by atoms with van der Waals surface area (Å²) < 4.78 is 23.1. The molecule has 1 aliphatic rings. The molecule has 132 valence electrons. The summed E-state index contributed by atoms with van der Waals surface area (Å²) in [5.41, 5.74) is 5.44. The van der Waals surface area contributed by atoms with Gasteiger partial charge >= 0.3 is 0 Å². The average molecular weight is 380 g/mol. The maximum atomic E-state index is 12.5. The van der Waals surface area contributed by atoms with Crippen molar-refractivity contribution in [1.29, 1.82) is 0 Å². The van der Waals surface area contributed by atoms with Crippen LogP contribution in [-0.2, 0) is 23.0 Å². The minimum atomic E-state index is -4.00. The zero-order valence-corrected chi connectivity index (χ0v) is 15.1. The Kier molecular flexibility index (Phi) is 4.83. The molecule has 2 aromatic carbocycles. The van der Waals surface area contributed by atoms with Crippen LogP contribution in [0.2, 0.25) is 5.02 Å². The molecule has 6 nitrogen and oxygen atoms in total. The normalized spacial score (nSPS) is 17.8. The van der Waals surface area contributed by atoms with Crippen LogP contribution in [0.3, 0.4) is 0 Å². The fourth-order valence-electron chi connectivity index (χ4n) is 2.89. The molecule has 8 heteroatoms. The van der Waals surface area contributed by atoms with E-state index < -0.39 is 15.9 Å². The highest BCUT2D eigenvalue weighted by atomic mass is 35.5. The summed E-state index contributed by atoms with van der Waals surface area (Å²) in [6.07, 6.45) is 0.819. The maximum absolute atomic E-state index is 12.5. The number of sulfonamides is 1. The van der Waals surface area contributed by atoms with Gasteiger partial charge in [-0.05, 0) is 42.7 Å². The molecule has 3 rings (SSSR count). The molecule has 3 N–H and O–H groups in total. The molecule has 0 aromatic heterocycles. The van der Waals surface area contributed by atoms with Gasteiger partial charge in [-0.15, -0.1) is 0 Å². The van der Waals surface area contributed by atoms with Crippen LogP contribution in [0, 0.1) is 0 Å². The minimum absolute atomic E-state index is 0.0145. The van der Waals surface area contributed by atoms with Crippen molar-refractivity contribution in [3.8, 4) is 0 Å². The zero-order chi connectivity index (χ0) is 18.2. The van der Waals surface area contributed by atoms with Crippen molar-refractivity contribution < 1.29 is 13.2 Å². The largest absolute Gasteiger partial charge is 0.284 e. The van der Waals surface area contributed by atoms with Crippen molar-refractivity contribution in [2.24, 2.45) is 5.14 Å². The van der Waals surface area contributed by atoms with Crippen LogP contribution >= 0.6 is 11.6 Å². The second-order valence-corrected chi connectivity index (χ2v) is 8.02. The van der Waals surface area contributed by atoms with Crippen molar-refractivity contribution in [3.05, 3.63) is 64.2 Å². The molecule has 0 radical (unpaired) electrons. The lowest BCUT2D eigenvalue weighted by atomic mass is 9.96. The van der Waals surface area contributed by atoms with Gasteiger partial charge in [0.2, 0.25) is 10.0 Å². The van der Waals surface area contributed by atoms with Crippen molar-refractivity contribution in [2.75, 3.05) is 0 Å². The first-order chi connectivity index (χ1) is 11.8. The molecule has 1 atom stereocenters. The summed E-state index contributed by atoms with van der Waals surface area (Å²) in [6.45, 7) is 2.60. The Balaban J connectivity index is 1.81. The highest BCUT2D eigenvalue weighted by molar-refractivity contribution is 7.89. The van der Waals surface area contributed by atoms with E-state index in [0.717, 1.165) is 12.0 Å². The van der Waals surface area contributed by atoms with Crippen molar-refractivity contribution in [3.63, 3.8) is 0 Å². The predicted octanol–water partition coefficient (Wildman–Crippen LogP) is 2.08. The number of benzene rings is 2. The number of carbonyl (C=O) groups excluding carboxylic acids is 1. The Hall–Kier alpha value is -1.93. The van der Waals surface area contributed by atoms with Gasteiger partial charge in [-0.1, -0.05) is 35.9 Å². The van der Waals surface area contributed by atoms with E-state index in [9.17, 15) is 13.2 Å². The minimum Gasteiger partial charge on any atom is -0.284 e. The predicted molar refractivity (Wildman–Crippen MR) is 95.4 cm³/mol. The molecular formula is C17H18ClN3O3S. The Bertz CT molecular complexity index is 930. The molecule has 2 aromatic rings. The Labute approximate surface area is 151 Å². The van der Waals surface area contributed by atoms with Crippen LogP contribution in [0.1, 0.15) is 28.4 Å². The number of halogens is 1. The number of hydrogen-bond acceptors (Lipinski definition) is 4. The molecule has 0 fully saturated rings. The first kappa shape index (κ1) is 17.9. The van der Waals surface area contributed by atoms with E-state index in [4.69, 9.17) is 16.7 Å². The smallest absolute Gasteiger partial charge is 0.265 e. The highest BCUT2D eigenvalue weighted by Crippen LogP contribution is 2.23. The fourth-order valence-corrected chi connectivity index (χ4v) is 3.96. The molecular weight excluding hydrogens is 362 g/mol. The number of nitrogens with zero attached hydrogens (tertiary/aromatic N) is 1. The molecule has 0 saturated heterocycles. The van der Waals surface area contributed by atoms with Gasteiger partial charge in [0.25, 0.3) is 5.91 Å². The molecule has 1 amide bonds. The van der Waals surface area contributed by atoms with Gasteiger partial charge in [-0.3, -0.25) is 10.2 Å². The van der Waals surface area contributed by atoms with Crippen molar-refractivity contribution >= 4 is 27.5 Å². The fraction of sp³-hybridized carbons (Fsp3) is 0.235. The molecule has 1 aliphatic heterocycles. The number of rotatable bonds is 3. The third kappa shape index (κ3) is 3.85. The third-order valence-corrected chi connectivity index (χ3v) is 5.64. The van der Waals surface area contributed by atoms with Gasteiger partial charge in [0.1, 0.15) is 4.90 Å². The number of nitrogens with two attached hydrogens (primary N) is 1. The lowest BCUT2D eigenvalue weighted by molar-refractivity contribution is 0.0651. The summed E-state index contributed by atoms with van der Waals surface area (Å²) in [6, 6.07) is 12.2. The molecule has 25 heavy (non-hydrogen) atoms. The SMILES string of the molecule is CC1Cc2ccccc2CN1NC(=O)c1ccc(Cl)c(S(N)(=O)=O)c1. The highest BCUT2D eigenvalue weighted by Gasteiger charge is 2.25. The van der Waals surface area contributed by atoms with Crippen LogP contribution in [0.5, 0.6) is 0 Å². The summed E-state index contributed by atoms with van der Waals surface area (Å²) in [7, 11) is -4.00. The van der Waals surface area contributed by atoms with E-state index in [1.807, 2.05) is 30.1 Å². The number of hydrogen-bond donors (Lipinski definition) is 2. The van der Waals surface area contributed by atoms with Crippen LogP contribution in [-0.4, -0.2) is 25.4 Å². The first-order valence-corrected chi connectivity index (χ1v) is 9.65. The number of nitrogens with one attached hydrogen (secondary N) is 1. The van der Waals surface area contributed by atoms with Gasteiger partial charge in [0.05, 0.1) is 5.02 Å². The van der Waals surface area contributed by atoms with Gasteiger partial charge in [-0.25, -0.2) is 18.6 Å². The van der Waals surface area contributed by atoms with E-state index in [1.165, 1.54) is 23.8 Å². The standard InChI is InChI=1S/C17H18ClN3O3S/c1-11-8-12-4-2-3-5-14(12)10-21(11)20-17(22)13-6-7-15(18)16(9-13)25(19,23)24/h2-7,9,11H,8,10H2,1H3,(H,20,22)(H2,19,23,24). The van der Waals surface area contributed by atoms with Crippen molar-refractivity contribution in [1.82, 2.24) is 10.4 Å². The number of carbonyl (C=O) groups is 1. The lowest BCUT2D eigenvalue weighted by Crippen LogP contribution is -2.49. The van der Waals surface area contributed by atoms with E-state index in [2.05, 4.69) is 11.5 Å². The van der Waals surface area contributed by atoms with Crippen LogP contribution in [0.25, 0.3) is 0 Å². The van der Waals surface area contributed by atoms with E-state index >= 15 is 0 Å². The molecule has 0 saturated carbocycles. The van der Waals surface area contributed by atoms with Crippen LogP contribution < -0.4 is 10.6 Å². The zero-order valence-electron chi connectivity index (χ0n) is 13.6. The Morgan fingerprint density at radius 3 is 2.60 bits per heavy atom. The maximum Gasteiger partial charge on any atom is 0.265 e. The van der Waals surface area contributed by atoms with Gasteiger partial charge in [-0.2, -0.15) is 0 Å². The van der Waals surface area contributed by atoms with Gasteiger partial charge < -0.3 is 0 Å². The topological polar surface area (TPSA) is 92.5 Å². The number of fused-ring (bicyclic) bond motifs is 1. The molecule has 0 bridgehead atoms. The molecule has 1 unspecified atom stereocenters.